The van der Waals surface area contributed by atoms with Crippen molar-refractivity contribution in [2.45, 2.75) is 51.6 Å². The third-order valence-corrected chi connectivity index (χ3v) is 20.8. The zero-order chi connectivity index (χ0) is 50.8. The maximum Gasteiger partial charge on any atom is 0.113 e. The molecule has 0 amide bonds. The Morgan fingerprint density at radius 1 is 0.293 bits per heavy atom. The van der Waals surface area contributed by atoms with E-state index in [-0.39, 0.29) is 10.8 Å². The van der Waals surface area contributed by atoms with Crippen LogP contribution in [0.4, 0.5) is 34.1 Å². The second-order valence-electron chi connectivity index (χ2n) is 22.5. The number of rotatable bonds is 8. The first kappa shape index (κ1) is 45.1. The molecule has 75 heavy (non-hydrogen) atoms. The Hall–Kier alpha value is -8.50. The van der Waals surface area contributed by atoms with Crippen LogP contribution in [-0.2, 0) is 10.8 Å². The molecule has 11 aromatic carbocycles. The van der Waals surface area contributed by atoms with Crippen LogP contribution in [0.3, 0.4) is 0 Å². The van der Waals surface area contributed by atoms with Gasteiger partial charge in [-0.15, -0.1) is 0 Å². The summed E-state index contributed by atoms with van der Waals surface area (Å²) >= 11 is 0. The molecule has 360 valence electrons. The van der Waals surface area contributed by atoms with Crippen molar-refractivity contribution in [3.8, 4) is 55.6 Å². The van der Waals surface area contributed by atoms with Crippen LogP contribution in [0.25, 0.3) is 66.4 Å². The fourth-order valence-electron chi connectivity index (χ4n) is 13.5. The van der Waals surface area contributed by atoms with Gasteiger partial charge >= 0.3 is 0 Å². The van der Waals surface area contributed by atoms with Crippen LogP contribution in [0.5, 0.6) is 0 Å². The SMILES string of the molecule is CC1(C)c2ccccc2-c2ccc(N(c3ccc4c(c3)[Si](C)(C)c3cccc5c(N(c6ccc7c(c6)C(C)(C)c6ccccc6-7)c6ccccc6-c6ccccc6)ccc-4c35)c3ccccc3-c3ccccc3)cc21. The van der Waals surface area contributed by atoms with Crippen molar-refractivity contribution in [2.24, 2.45) is 0 Å². The van der Waals surface area contributed by atoms with Crippen LogP contribution < -0.4 is 20.2 Å². The average molecular weight is 979 g/mol. The third-order valence-electron chi connectivity index (χ3n) is 17.3. The zero-order valence-electron chi connectivity index (χ0n) is 43.5. The molecule has 0 spiro atoms. The van der Waals surface area contributed by atoms with Crippen molar-refractivity contribution in [2.75, 3.05) is 9.80 Å². The monoisotopic (exact) mass is 978 g/mol. The molecule has 0 N–H and O–H groups in total. The van der Waals surface area contributed by atoms with Gasteiger partial charge in [0.25, 0.3) is 0 Å². The minimum absolute atomic E-state index is 0.138. The quantitative estimate of drug-likeness (QED) is 0.140. The van der Waals surface area contributed by atoms with Crippen LogP contribution in [-0.4, -0.2) is 8.07 Å². The molecule has 0 radical (unpaired) electrons. The van der Waals surface area contributed by atoms with Crippen molar-refractivity contribution >= 4 is 63.3 Å². The topological polar surface area (TPSA) is 6.48 Å². The molecule has 2 aliphatic carbocycles. The molecular weight excluding hydrogens is 921 g/mol. The Balaban J connectivity index is 0.961. The molecule has 0 saturated heterocycles. The predicted octanol–water partition coefficient (Wildman–Crippen LogP) is 18.5. The van der Waals surface area contributed by atoms with Gasteiger partial charge in [0.15, 0.2) is 0 Å². The lowest BCUT2D eigenvalue weighted by atomic mass is 9.82. The molecule has 3 aliphatic rings. The maximum absolute atomic E-state index is 2.57. The molecule has 14 rings (SSSR count). The average Bonchev–Trinajstić information content (AvgIpc) is 3.92. The highest BCUT2D eigenvalue weighted by molar-refractivity contribution is 7.03. The summed E-state index contributed by atoms with van der Waals surface area (Å²) in [6.45, 7) is 14.7. The van der Waals surface area contributed by atoms with Crippen LogP contribution >= 0.6 is 0 Å². The van der Waals surface area contributed by atoms with Gasteiger partial charge in [-0.3, -0.25) is 0 Å². The largest absolute Gasteiger partial charge is 0.310 e. The summed E-state index contributed by atoms with van der Waals surface area (Å²) in [6.07, 6.45) is 0. The van der Waals surface area contributed by atoms with Crippen LogP contribution in [0.2, 0.25) is 13.1 Å². The van der Waals surface area contributed by atoms with Gasteiger partial charge < -0.3 is 9.80 Å². The molecular formula is C72H58N2Si. The minimum Gasteiger partial charge on any atom is -0.310 e. The molecule has 1 heterocycles. The molecule has 11 aromatic rings. The van der Waals surface area contributed by atoms with Crippen molar-refractivity contribution in [1.29, 1.82) is 0 Å². The van der Waals surface area contributed by atoms with E-state index in [1.54, 1.807) is 0 Å². The van der Waals surface area contributed by atoms with E-state index in [1.807, 2.05) is 0 Å². The Morgan fingerprint density at radius 2 is 0.720 bits per heavy atom. The van der Waals surface area contributed by atoms with Crippen molar-refractivity contribution in [3.05, 3.63) is 265 Å². The first-order valence-corrected chi connectivity index (χ1v) is 29.6. The lowest BCUT2D eigenvalue weighted by molar-refractivity contribution is 0.660. The third kappa shape index (κ3) is 6.77. The van der Waals surface area contributed by atoms with E-state index in [0.717, 1.165) is 22.7 Å². The van der Waals surface area contributed by atoms with Crippen LogP contribution in [0.1, 0.15) is 49.9 Å². The van der Waals surface area contributed by atoms with Crippen molar-refractivity contribution < 1.29 is 0 Å². The fraction of sp³-hybridized carbons (Fsp3) is 0.111. The van der Waals surface area contributed by atoms with E-state index in [1.165, 1.54) is 110 Å². The predicted molar refractivity (Wildman–Crippen MR) is 322 cm³/mol. The highest BCUT2D eigenvalue weighted by Crippen LogP contribution is 2.54. The van der Waals surface area contributed by atoms with Gasteiger partial charge in [-0.2, -0.15) is 0 Å². The number of anilines is 6. The number of fused-ring (bicyclic) bond motifs is 8. The number of hydrogen-bond donors (Lipinski definition) is 0. The lowest BCUT2D eigenvalue weighted by Gasteiger charge is -2.37. The van der Waals surface area contributed by atoms with Crippen LogP contribution in [0.15, 0.2) is 243 Å². The van der Waals surface area contributed by atoms with E-state index in [2.05, 4.69) is 293 Å². The molecule has 0 aromatic heterocycles. The molecule has 2 nitrogen and oxygen atoms in total. The minimum atomic E-state index is -2.40. The second kappa shape index (κ2) is 16.8. The van der Waals surface area contributed by atoms with E-state index >= 15 is 0 Å². The summed E-state index contributed by atoms with van der Waals surface area (Å²) in [6, 6.07) is 91.3. The summed E-state index contributed by atoms with van der Waals surface area (Å²) in [5, 5.41) is 5.56. The highest BCUT2D eigenvalue weighted by Gasteiger charge is 2.40. The Kier molecular flexibility index (Phi) is 10.1. The second-order valence-corrected chi connectivity index (χ2v) is 26.8. The first-order valence-electron chi connectivity index (χ1n) is 26.6. The summed E-state index contributed by atoms with van der Waals surface area (Å²) < 4.78 is 0. The van der Waals surface area contributed by atoms with Crippen molar-refractivity contribution in [1.82, 2.24) is 0 Å². The number of para-hydroxylation sites is 2. The summed E-state index contributed by atoms with van der Waals surface area (Å²) in [5.41, 5.74) is 24.9. The normalized spacial score (nSPS) is 14.6. The van der Waals surface area contributed by atoms with Gasteiger partial charge in [0.1, 0.15) is 8.07 Å². The molecule has 3 heteroatoms. The van der Waals surface area contributed by atoms with Gasteiger partial charge in [-0.25, -0.2) is 0 Å². The van der Waals surface area contributed by atoms with E-state index in [0.29, 0.717) is 0 Å². The molecule has 1 aliphatic heterocycles. The molecule has 0 atom stereocenters. The standard InChI is InChI=1S/C72H58N2Si/c1-71(2)61-31-17-13-28-54(61)56-39-36-49(44-63(56)71)73(65-33-19-15-26-52(65)47-22-9-7-10-23-47)51-38-41-58-59-42-43-67(60-30-21-35-68(70(59)60)75(5,6)69(58)46-51)74(66-34-20-16-27-53(66)48-24-11-8-12-25-48)50-37-40-57-55-29-14-18-32-62(55)72(3,4)64(57)45-50/h7-46H,1-6H3. The number of nitrogens with zero attached hydrogens (tertiary/aromatic N) is 2. The van der Waals surface area contributed by atoms with Gasteiger partial charge in [0.2, 0.25) is 0 Å². The Morgan fingerprint density at radius 3 is 1.28 bits per heavy atom. The molecule has 0 saturated carbocycles. The summed E-state index contributed by atoms with van der Waals surface area (Å²) in [5.74, 6) is 0. The number of hydrogen-bond acceptors (Lipinski definition) is 2. The van der Waals surface area contributed by atoms with Gasteiger partial charge in [0, 0.05) is 44.4 Å². The molecule has 0 unspecified atom stereocenters. The van der Waals surface area contributed by atoms with Crippen molar-refractivity contribution in [3.63, 3.8) is 0 Å². The summed E-state index contributed by atoms with van der Waals surface area (Å²) in [7, 11) is -2.40. The number of benzene rings is 11. The molecule has 0 bridgehead atoms. The lowest BCUT2D eigenvalue weighted by Crippen LogP contribution is -2.56. The van der Waals surface area contributed by atoms with Gasteiger partial charge in [0.05, 0.1) is 17.1 Å². The van der Waals surface area contributed by atoms with Gasteiger partial charge in [-0.1, -0.05) is 229 Å². The molecule has 0 fully saturated rings. The first-order chi connectivity index (χ1) is 36.5. The van der Waals surface area contributed by atoms with E-state index in [9.17, 15) is 0 Å². The Bertz CT molecular complexity index is 4110. The Labute approximate surface area is 442 Å². The van der Waals surface area contributed by atoms with E-state index < -0.39 is 8.07 Å². The van der Waals surface area contributed by atoms with E-state index in [4.69, 9.17) is 0 Å². The maximum atomic E-state index is 2.57. The summed E-state index contributed by atoms with van der Waals surface area (Å²) in [4.78, 5) is 5.08. The smallest absolute Gasteiger partial charge is 0.113 e. The fourth-order valence-corrected chi connectivity index (χ4v) is 16.6. The highest BCUT2D eigenvalue weighted by atomic mass is 28.3. The van der Waals surface area contributed by atoms with Crippen LogP contribution in [0, 0.1) is 0 Å². The zero-order valence-corrected chi connectivity index (χ0v) is 44.5. The van der Waals surface area contributed by atoms with Gasteiger partial charge in [-0.05, 0) is 137 Å².